The molecule has 0 spiro atoms. The smallest absolute Gasteiger partial charge is 0.348 e. The van der Waals surface area contributed by atoms with Crippen molar-refractivity contribution < 1.29 is 14.3 Å². The molecule has 0 aliphatic rings. The van der Waals surface area contributed by atoms with Gasteiger partial charge < -0.3 is 4.74 Å². The third-order valence-corrected chi connectivity index (χ3v) is 3.09. The standard InChI is InChI=1S/C9H9BrO3S/c1-2-13-9(12)8-4-3-7(14-8)6(11)5-10/h3-4H,2,5H2,1H3. The number of ether oxygens (including phenoxy) is 1. The van der Waals surface area contributed by atoms with Crippen LogP contribution in [0.2, 0.25) is 0 Å². The van der Waals surface area contributed by atoms with Gasteiger partial charge in [0.25, 0.3) is 0 Å². The summed E-state index contributed by atoms with van der Waals surface area (Å²) in [6.45, 7) is 2.09. The zero-order chi connectivity index (χ0) is 10.6. The third kappa shape index (κ3) is 2.65. The summed E-state index contributed by atoms with van der Waals surface area (Å²) in [5, 5.41) is 0.274. The molecule has 76 valence electrons. The number of hydrogen-bond acceptors (Lipinski definition) is 4. The lowest BCUT2D eigenvalue weighted by atomic mass is 10.3. The van der Waals surface area contributed by atoms with Crippen molar-refractivity contribution in [1.82, 2.24) is 0 Å². The molecule has 0 aromatic carbocycles. The number of thiophene rings is 1. The number of hydrogen-bond donors (Lipinski definition) is 0. The second kappa shape index (κ2) is 5.26. The zero-order valence-corrected chi connectivity index (χ0v) is 9.98. The SMILES string of the molecule is CCOC(=O)c1ccc(C(=O)CBr)s1. The molecule has 0 unspecified atom stereocenters. The van der Waals surface area contributed by atoms with Gasteiger partial charge in [0, 0.05) is 0 Å². The fraction of sp³-hybridized carbons (Fsp3) is 0.333. The van der Waals surface area contributed by atoms with Crippen LogP contribution in [0.25, 0.3) is 0 Å². The Bertz CT molecular complexity index is 346. The van der Waals surface area contributed by atoms with Crippen LogP contribution >= 0.6 is 27.3 Å². The Kier molecular flexibility index (Phi) is 4.28. The van der Waals surface area contributed by atoms with E-state index < -0.39 is 0 Å². The average molecular weight is 277 g/mol. The van der Waals surface area contributed by atoms with Gasteiger partial charge in [-0.25, -0.2) is 4.79 Å². The molecule has 0 N–H and O–H groups in total. The Labute approximate surface area is 94.2 Å². The van der Waals surface area contributed by atoms with Crippen molar-refractivity contribution in [2.75, 3.05) is 11.9 Å². The van der Waals surface area contributed by atoms with E-state index in [0.717, 1.165) is 11.3 Å². The van der Waals surface area contributed by atoms with Gasteiger partial charge in [0.2, 0.25) is 0 Å². The van der Waals surface area contributed by atoms with E-state index in [0.29, 0.717) is 16.4 Å². The molecule has 1 aromatic rings. The molecule has 14 heavy (non-hydrogen) atoms. The largest absolute Gasteiger partial charge is 0.462 e. The molecule has 1 rings (SSSR count). The normalized spacial score (nSPS) is 9.86. The van der Waals surface area contributed by atoms with Crippen LogP contribution in [0.3, 0.4) is 0 Å². The Morgan fingerprint density at radius 1 is 1.43 bits per heavy atom. The highest BCUT2D eigenvalue weighted by atomic mass is 79.9. The van der Waals surface area contributed by atoms with E-state index in [1.807, 2.05) is 0 Å². The van der Waals surface area contributed by atoms with E-state index >= 15 is 0 Å². The van der Waals surface area contributed by atoms with Crippen molar-refractivity contribution in [3.8, 4) is 0 Å². The van der Waals surface area contributed by atoms with Gasteiger partial charge in [0.05, 0.1) is 16.8 Å². The number of Topliss-reactive ketones (excluding diaryl/α,β-unsaturated/α-hetero) is 1. The van der Waals surface area contributed by atoms with Crippen LogP contribution in [0, 0.1) is 0 Å². The predicted octanol–water partition coefficient (Wildman–Crippen LogP) is 2.50. The van der Waals surface area contributed by atoms with Gasteiger partial charge in [0.15, 0.2) is 5.78 Å². The van der Waals surface area contributed by atoms with Crippen LogP contribution in [0.1, 0.15) is 26.3 Å². The minimum Gasteiger partial charge on any atom is -0.462 e. The molecule has 0 saturated heterocycles. The number of halogens is 1. The molecular weight excluding hydrogens is 268 g/mol. The van der Waals surface area contributed by atoms with Crippen molar-refractivity contribution in [2.45, 2.75) is 6.92 Å². The van der Waals surface area contributed by atoms with Crippen LogP contribution in [-0.4, -0.2) is 23.7 Å². The highest BCUT2D eigenvalue weighted by Gasteiger charge is 2.13. The summed E-state index contributed by atoms with van der Waals surface area (Å²) in [4.78, 5) is 23.5. The first-order valence-electron chi connectivity index (χ1n) is 4.05. The summed E-state index contributed by atoms with van der Waals surface area (Å²) in [5.74, 6) is -0.392. The van der Waals surface area contributed by atoms with Gasteiger partial charge in [-0.05, 0) is 19.1 Å². The molecular formula is C9H9BrO3S. The van der Waals surface area contributed by atoms with Crippen LogP contribution in [0.15, 0.2) is 12.1 Å². The summed E-state index contributed by atoms with van der Waals surface area (Å²) >= 11 is 4.23. The fourth-order valence-corrected chi connectivity index (χ4v) is 2.19. The Morgan fingerprint density at radius 2 is 2.07 bits per heavy atom. The lowest BCUT2D eigenvalue weighted by Gasteiger charge is -1.96. The van der Waals surface area contributed by atoms with Crippen molar-refractivity contribution in [1.29, 1.82) is 0 Å². The van der Waals surface area contributed by atoms with Gasteiger partial charge in [-0.3, -0.25) is 4.79 Å². The molecule has 0 bridgehead atoms. The molecule has 1 aromatic heterocycles. The topological polar surface area (TPSA) is 43.4 Å². The molecule has 1 heterocycles. The summed E-state index contributed by atoms with van der Waals surface area (Å²) < 4.78 is 4.80. The molecule has 0 saturated carbocycles. The first-order valence-corrected chi connectivity index (χ1v) is 5.99. The van der Waals surface area contributed by atoms with E-state index in [2.05, 4.69) is 15.9 Å². The number of alkyl halides is 1. The van der Waals surface area contributed by atoms with Crippen LogP contribution < -0.4 is 0 Å². The molecule has 0 amide bonds. The predicted molar refractivity (Wildman–Crippen MR) is 58.4 cm³/mol. The van der Waals surface area contributed by atoms with Gasteiger partial charge in [-0.2, -0.15) is 0 Å². The summed E-state index contributed by atoms with van der Waals surface area (Å²) in [5.41, 5.74) is 0. The number of esters is 1. The number of carbonyl (C=O) groups excluding carboxylic acids is 2. The number of carbonyl (C=O) groups is 2. The highest BCUT2D eigenvalue weighted by molar-refractivity contribution is 9.09. The maximum Gasteiger partial charge on any atom is 0.348 e. The molecule has 0 atom stereocenters. The third-order valence-electron chi connectivity index (χ3n) is 1.48. The molecule has 0 radical (unpaired) electrons. The van der Waals surface area contributed by atoms with Crippen LogP contribution in [0.5, 0.6) is 0 Å². The molecule has 0 aliphatic carbocycles. The number of rotatable bonds is 4. The monoisotopic (exact) mass is 276 g/mol. The Morgan fingerprint density at radius 3 is 2.64 bits per heavy atom. The van der Waals surface area contributed by atoms with Crippen LogP contribution in [0.4, 0.5) is 0 Å². The fourth-order valence-electron chi connectivity index (χ4n) is 0.866. The second-order valence-electron chi connectivity index (χ2n) is 2.44. The van der Waals surface area contributed by atoms with Crippen molar-refractivity contribution in [3.05, 3.63) is 21.9 Å². The molecule has 3 nitrogen and oxygen atoms in total. The van der Waals surface area contributed by atoms with Gasteiger partial charge in [0.1, 0.15) is 4.88 Å². The highest BCUT2D eigenvalue weighted by Crippen LogP contribution is 2.18. The summed E-state index contributed by atoms with van der Waals surface area (Å²) in [6, 6.07) is 3.25. The van der Waals surface area contributed by atoms with E-state index in [9.17, 15) is 9.59 Å². The average Bonchev–Trinajstić information content (AvgIpc) is 2.66. The lowest BCUT2D eigenvalue weighted by molar-refractivity contribution is 0.0532. The molecule has 0 fully saturated rings. The first kappa shape index (κ1) is 11.4. The summed E-state index contributed by atoms with van der Waals surface area (Å²) in [6.07, 6.45) is 0. The minimum absolute atomic E-state index is 0.0226. The van der Waals surface area contributed by atoms with Crippen LogP contribution in [-0.2, 0) is 4.74 Å². The van der Waals surface area contributed by atoms with Gasteiger partial charge in [-0.15, -0.1) is 11.3 Å². The maximum absolute atomic E-state index is 11.2. The lowest BCUT2D eigenvalue weighted by Crippen LogP contribution is -2.01. The first-order chi connectivity index (χ1) is 6.69. The summed E-state index contributed by atoms with van der Waals surface area (Å²) in [7, 11) is 0. The minimum atomic E-state index is -0.369. The quantitative estimate of drug-likeness (QED) is 0.482. The van der Waals surface area contributed by atoms with E-state index in [4.69, 9.17) is 4.74 Å². The Hall–Kier alpha value is -0.680. The van der Waals surface area contributed by atoms with Gasteiger partial charge in [-0.1, -0.05) is 15.9 Å². The number of ketones is 1. The van der Waals surface area contributed by atoms with Crippen molar-refractivity contribution in [2.24, 2.45) is 0 Å². The van der Waals surface area contributed by atoms with E-state index in [1.54, 1.807) is 19.1 Å². The Balaban J connectivity index is 2.77. The van der Waals surface area contributed by atoms with E-state index in [1.165, 1.54) is 0 Å². The molecule has 5 heteroatoms. The van der Waals surface area contributed by atoms with Crippen molar-refractivity contribution in [3.63, 3.8) is 0 Å². The molecule has 0 aliphatic heterocycles. The zero-order valence-electron chi connectivity index (χ0n) is 7.58. The van der Waals surface area contributed by atoms with E-state index in [-0.39, 0.29) is 17.1 Å². The van der Waals surface area contributed by atoms with Gasteiger partial charge >= 0.3 is 5.97 Å². The van der Waals surface area contributed by atoms with Crippen molar-refractivity contribution >= 4 is 39.0 Å². The maximum atomic E-state index is 11.2. The second-order valence-corrected chi connectivity index (χ2v) is 4.09.